The van der Waals surface area contributed by atoms with Gasteiger partial charge < -0.3 is 14.9 Å². The molecule has 0 fully saturated rings. The predicted octanol–water partition coefficient (Wildman–Crippen LogP) is 6.27. The Kier molecular flexibility index (Phi) is 7.62. The van der Waals surface area contributed by atoms with Crippen molar-refractivity contribution in [1.82, 2.24) is 4.98 Å². The molecule has 2 aromatic heterocycles. The first-order valence-corrected chi connectivity index (χ1v) is 14.3. The highest BCUT2D eigenvalue weighted by Gasteiger charge is 2.30. The minimum absolute atomic E-state index is 0.0101. The molecular weight excluding hydrogens is 503 g/mol. The number of aromatic carboxylic acids is 1. The van der Waals surface area contributed by atoms with Crippen LogP contribution in [0.2, 0.25) is 0 Å². The van der Waals surface area contributed by atoms with E-state index in [1.54, 1.807) is 60.3 Å². The number of nitrogens with one attached hydrogen (secondary N) is 1. The van der Waals surface area contributed by atoms with E-state index in [4.69, 9.17) is 4.52 Å². The molecule has 35 heavy (non-hydrogen) atoms. The Morgan fingerprint density at radius 2 is 1.83 bits per heavy atom. The van der Waals surface area contributed by atoms with Gasteiger partial charge in [-0.25, -0.2) is 9.78 Å². The molecule has 1 atom stereocenters. The van der Waals surface area contributed by atoms with Crippen LogP contribution in [0.15, 0.2) is 65.5 Å². The smallest absolute Gasteiger partial charge is 0.346 e. The lowest BCUT2D eigenvalue weighted by atomic mass is 10.1. The molecule has 2 heterocycles. The van der Waals surface area contributed by atoms with E-state index >= 15 is 0 Å². The summed E-state index contributed by atoms with van der Waals surface area (Å²) in [6.45, 7) is 3.96. The van der Waals surface area contributed by atoms with Gasteiger partial charge in [-0.3, -0.25) is 9.36 Å². The fourth-order valence-corrected chi connectivity index (χ4v) is 7.33. The number of thiazole rings is 1. The highest BCUT2D eigenvalue weighted by molar-refractivity contribution is 7.66. The van der Waals surface area contributed by atoms with Gasteiger partial charge in [-0.05, 0) is 55.3 Å². The fourth-order valence-electron chi connectivity index (χ4n) is 3.52. The van der Waals surface area contributed by atoms with Crippen molar-refractivity contribution in [3.8, 4) is 10.4 Å². The SMILES string of the molecule is CCOP(=O)(Cc1cc(-c2ccc(NC(=O)c3cscn3)cc2)sc1C(=O)O)c1ccc(C)cc1. The molecule has 1 unspecified atom stereocenters. The molecule has 7 nitrogen and oxygen atoms in total. The summed E-state index contributed by atoms with van der Waals surface area (Å²) in [5.41, 5.74) is 4.83. The lowest BCUT2D eigenvalue weighted by Crippen LogP contribution is -2.11. The van der Waals surface area contributed by atoms with Gasteiger partial charge in [0.05, 0.1) is 18.3 Å². The van der Waals surface area contributed by atoms with Crippen LogP contribution in [0.5, 0.6) is 0 Å². The molecular formula is C25H23N2O5PS2. The zero-order valence-electron chi connectivity index (χ0n) is 19.1. The number of carboxylic acid groups (broad SMARTS) is 1. The number of thiophene rings is 1. The standard InChI is InChI=1S/C25H23N2O5PS2/c1-3-32-33(31,20-10-4-16(2)5-11-20)13-18-12-22(35-23(18)25(29)30)17-6-8-19(9-7-17)27-24(28)21-14-34-15-26-21/h4-12,14-15H,3,13H2,1-2H3,(H,27,28)(H,29,30). The third-order valence-corrected chi connectivity index (χ3v) is 9.56. The maximum atomic E-state index is 13.8. The molecule has 4 aromatic rings. The largest absolute Gasteiger partial charge is 0.477 e. The van der Waals surface area contributed by atoms with Crippen LogP contribution in [-0.4, -0.2) is 28.6 Å². The van der Waals surface area contributed by atoms with Crippen molar-refractivity contribution in [2.24, 2.45) is 0 Å². The molecule has 4 rings (SSSR count). The number of carbonyl (C=O) groups is 2. The van der Waals surface area contributed by atoms with E-state index in [-0.39, 0.29) is 23.6 Å². The van der Waals surface area contributed by atoms with Crippen molar-refractivity contribution in [3.05, 3.63) is 87.2 Å². The Bertz CT molecular complexity index is 1380. The molecule has 0 radical (unpaired) electrons. The lowest BCUT2D eigenvalue weighted by Gasteiger charge is -2.18. The third-order valence-electron chi connectivity index (χ3n) is 5.24. The van der Waals surface area contributed by atoms with E-state index in [1.165, 1.54) is 11.3 Å². The average molecular weight is 527 g/mol. The van der Waals surface area contributed by atoms with Crippen LogP contribution in [0.3, 0.4) is 0 Å². The molecule has 2 aromatic carbocycles. The van der Waals surface area contributed by atoms with E-state index < -0.39 is 13.3 Å². The topological polar surface area (TPSA) is 106 Å². The predicted molar refractivity (Wildman–Crippen MR) is 141 cm³/mol. The van der Waals surface area contributed by atoms with Gasteiger partial charge in [-0.15, -0.1) is 22.7 Å². The number of anilines is 1. The summed E-state index contributed by atoms with van der Waals surface area (Å²) >= 11 is 2.47. The normalized spacial score (nSPS) is 12.7. The highest BCUT2D eigenvalue weighted by atomic mass is 32.1. The van der Waals surface area contributed by atoms with Gasteiger partial charge in [-0.2, -0.15) is 0 Å². The van der Waals surface area contributed by atoms with Crippen LogP contribution < -0.4 is 10.6 Å². The van der Waals surface area contributed by atoms with Gasteiger partial charge in [-0.1, -0.05) is 29.8 Å². The van der Waals surface area contributed by atoms with Crippen LogP contribution >= 0.6 is 30.0 Å². The monoisotopic (exact) mass is 526 g/mol. The minimum Gasteiger partial charge on any atom is -0.477 e. The first kappa shape index (κ1) is 25.0. The Morgan fingerprint density at radius 1 is 1.11 bits per heavy atom. The Labute approximate surface area is 210 Å². The van der Waals surface area contributed by atoms with Crippen LogP contribution in [0, 0.1) is 6.92 Å². The fraction of sp³-hybridized carbons (Fsp3) is 0.160. The summed E-state index contributed by atoms with van der Waals surface area (Å²) in [4.78, 5) is 29.1. The van der Waals surface area contributed by atoms with Crippen molar-refractivity contribution >= 4 is 52.9 Å². The second kappa shape index (κ2) is 10.7. The van der Waals surface area contributed by atoms with Gasteiger partial charge in [0.25, 0.3) is 5.91 Å². The molecule has 0 spiro atoms. The number of benzene rings is 2. The second-order valence-corrected chi connectivity index (χ2v) is 12.0. The van der Waals surface area contributed by atoms with Gasteiger partial charge in [0.2, 0.25) is 7.37 Å². The number of aryl methyl sites for hydroxylation is 1. The summed E-state index contributed by atoms with van der Waals surface area (Å²) in [5, 5.41) is 14.8. The third kappa shape index (κ3) is 5.77. The van der Waals surface area contributed by atoms with Crippen molar-refractivity contribution in [1.29, 1.82) is 0 Å². The average Bonchev–Trinajstić information content (AvgIpc) is 3.51. The van der Waals surface area contributed by atoms with E-state index in [0.29, 0.717) is 22.2 Å². The number of hydrogen-bond donors (Lipinski definition) is 2. The molecule has 0 aliphatic carbocycles. The Hall–Kier alpha value is -3.10. The number of carbonyl (C=O) groups excluding carboxylic acids is 1. The molecule has 0 aliphatic rings. The number of nitrogens with zero attached hydrogens (tertiary/aromatic N) is 1. The van der Waals surface area contributed by atoms with Crippen LogP contribution in [0.4, 0.5) is 5.69 Å². The summed E-state index contributed by atoms with van der Waals surface area (Å²) in [6.07, 6.45) is -0.0101. The van der Waals surface area contributed by atoms with Crippen LogP contribution in [0.25, 0.3) is 10.4 Å². The highest BCUT2D eigenvalue weighted by Crippen LogP contribution is 2.51. The maximum Gasteiger partial charge on any atom is 0.346 e. The molecule has 0 saturated carbocycles. The summed E-state index contributed by atoms with van der Waals surface area (Å²) in [7, 11) is -3.32. The summed E-state index contributed by atoms with van der Waals surface area (Å²) in [6, 6.07) is 16.2. The van der Waals surface area contributed by atoms with E-state index in [9.17, 15) is 19.3 Å². The molecule has 180 valence electrons. The van der Waals surface area contributed by atoms with Gasteiger partial charge in [0.1, 0.15) is 10.6 Å². The zero-order valence-corrected chi connectivity index (χ0v) is 21.6. The van der Waals surface area contributed by atoms with Crippen molar-refractivity contribution in [3.63, 3.8) is 0 Å². The number of amides is 1. The van der Waals surface area contributed by atoms with Gasteiger partial charge in [0, 0.05) is 21.2 Å². The van der Waals surface area contributed by atoms with Gasteiger partial charge >= 0.3 is 5.97 Å². The van der Waals surface area contributed by atoms with Crippen molar-refractivity contribution < 1.29 is 23.8 Å². The molecule has 2 N–H and O–H groups in total. The van der Waals surface area contributed by atoms with E-state index in [0.717, 1.165) is 27.3 Å². The first-order chi connectivity index (χ1) is 16.8. The van der Waals surface area contributed by atoms with Crippen molar-refractivity contribution in [2.75, 3.05) is 11.9 Å². The first-order valence-electron chi connectivity index (χ1n) is 10.8. The Balaban J connectivity index is 1.60. The molecule has 1 amide bonds. The van der Waals surface area contributed by atoms with Crippen LogP contribution in [0.1, 0.15) is 38.2 Å². The van der Waals surface area contributed by atoms with E-state index in [2.05, 4.69) is 10.3 Å². The van der Waals surface area contributed by atoms with Crippen molar-refractivity contribution in [2.45, 2.75) is 20.0 Å². The molecule has 10 heteroatoms. The minimum atomic E-state index is -3.32. The van der Waals surface area contributed by atoms with Crippen LogP contribution in [-0.2, 0) is 15.3 Å². The summed E-state index contributed by atoms with van der Waals surface area (Å²) < 4.78 is 19.5. The number of rotatable bonds is 9. The van der Waals surface area contributed by atoms with Gasteiger partial charge in [0.15, 0.2) is 0 Å². The zero-order chi connectivity index (χ0) is 25.0. The number of carboxylic acids is 1. The molecule has 0 aliphatic heterocycles. The van der Waals surface area contributed by atoms with E-state index in [1.807, 2.05) is 19.1 Å². The quantitative estimate of drug-likeness (QED) is 0.249. The Morgan fingerprint density at radius 3 is 2.43 bits per heavy atom. The second-order valence-electron chi connectivity index (χ2n) is 7.76. The lowest BCUT2D eigenvalue weighted by molar-refractivity contribution is 0.0701. The molecule has 0 bridgehead atoms. The number of hydrogen-bond acceptors (Lipinski definition) is 7. The summed E-state index contributed by atoms with van der Waals surface area (Å²) in [5.74, 6) is -1.37. The number of aromatic nitrogens is 1. The maximum absolute atomic E-state index is 13.8. The molecule has 0 saturated heterocycles.